The Morgan fingerprint density at radius 1 is 0.710 bits per heavy atom. The van der Waals surface area contributed by atoms with Crippen LogP contribution in [-0.4, -0.2) is 6.61 Å². The molecule has 162 valence electrons. The number of hydrogen-bond donors (Lipinski definition) is 0. The van der Waals surface area contributed by atoms with E-state index in [2.05, 4.69) is 37.5 Å². The van der Waals surface area contributed by atoms with Crippen molar-refractivity contribution in [3.8, 4) is 29.4 Å². The molecule has 0 atom stereocenters. The van der Waals surface area contributed by atoms with E-state index in [0.717, 1.165) is 37.9 Å². The monoisotopic (exact) mass is 420 g/mol. The predicted molar refractivity (Wildman–Crippen MR) is 124 cm³/mol. The second-order valence-corrected chi connectivity index (χ2v) is 7.36. The number of rotatable bonds is 9. The Labute approximate surface area is 185 Å². The van der Waals surface area contributed by atoms with Crippen LogP contribution in [0.3, 0.4) is 0 Å². The van der Waals surface area contributed by atoms with E-state index in [1.807, 2.05) is 24.3 Å². The summed E-state index contributed by atoms with van der Waals surface area (Å²) in [6.07, 6.45) is 7.85. The van der Waals surface area contributed by atoms with Gasteiger partial charge in [0.2, 0.25) is 11.7 Å². The van der Waals surface area contributed by atoms with Crippen molar-refractivity contribution in [3.05, 3.63) is 76.9 Å². The van der Waals surface area contributed by atoms with Gasteiger partial charge in [0.05, 0.1) is 6.61 Å². The van der Waals surface area contributed by atoms with Gasteiger partial charge in [-0.05, 0) is 73.1 Å². The minimum Gasteiger partial charge on any atom is -0.494 e. The van der Waals surface area contributed by atoms with E-state index in [9.17, 15) is 8.78 Å². The molecular weight excluding hydrogens is 390 g/mol. The predicted octanol–water partition coefficient (Wildman–Crippen LogP) is 7.54. The molecule has 1 nitrogen and oxygen atoms in total. The minimum atomic E-state index is -1.16. The summed E-state index contributed by atoms with van der Waals surface area (Å²) in [6.45, 7) is 4.99. The van der Waals surface area contributed by atoms with E-state index in [0.29, 0.717) is 17.7 Å². The van der Waals surface area contributed by atoms with E-state index in [1.54, 1.807) is 24.3 Å². The van der Waals surface area contributed by atoms with Gasteiger partial charge in [0, 0.05) is 11.1 Å². The van der Waals surface area contributed by atoms with E-state index < -0.39 is 11.7 Å². The molecule has 3 heteroatoms. The maximum atomic E-state index is 13.9. The molecule has 0 N–H and O–H groups in total. The maximum absolute atomic E-state index is 13.9. The molecule has 0 spiro atoms. The first-order valence-corrected chi connectivity index (χ1v) is 11.0. The van der Waals surface area contributed by atoms with Gasteiger partial charge in [-0.1, -0.05) is 63.5 Å². The van der Waals surface area contributed by atoms with Crippen molar-refractivity contribution in [2.45, 2.75) is 58.8 Å². The normalized spacial score (nSPS) is 11.0. The van der Waals surface area contributed by atoms with Crippen LogP contribution in [0.25, 0.3) is 0 Å². The van der Waals surface area contributed by atoms with E-state index in [-0.39, 0.29) is 0 Å². The SMILES string of the molecule is CCCCCCOc1ccc(C#CC(F)=C(F)C#Cc2ccc(CCCC)cc2)cc1. The Balaban J connectivity index is 1.92. The van der Waals surface area contributed by atoms with Gasteiger partial charge in [-0.15, -0.1) is 0 Å². The molecule has 0 saturated carbocycles. The summed E-state index contributed by atoms with van der Waals surface area (Å²) in [7, 11) is 0. The summed E-state index contributed by atoms with van der Waals surface area (Å²) in [5, 5.41) is 0. The number of benzene rings is 2. The topological polar surface area (TPSA) is 9.23 Å². The molecule has 0 amide bonds. The Bertz CT molecular complexity index is 949. The second kappa shape index (κ2) is 14.1. The van der Waals surface area contributed by atoms with Gasteiger partial charge in [-0.2, -0.15) is 8.78 Å². The summed E-state index contributed by atoms with van der Waals surface area (Å²) in [6, 6.07) is 14.6. The molecule has 0 aliphatic heterocycles. The highest BCUT2D eigenvalue weighted by molar-refractivity contribution is 5.46. The Morgan fingerprint density at radius 2 is 1.26 bits per heavy atom. The highest BCUT2D eigenvalue weighted by atomic mass is 19.2. The largest absolute Gasteiger partial charge is 0.494 e. The molecule has 0 heterocycles. The molecular formula is C28H30F2O. The number of hydrogen-bond acceptors (Lipinski definition) is 1. The van der Waals surface area contributed by atoms with Crippen molar-refractivity contribution in [2.75, 3.05) is 6.61 Å². The highest BCUT2D eigenvalue weighted by Gasteiger charge is 2.00. The lowest BCUT2D eigenvalue weighted by Gasteiger charge is -2.05. The van der Waals surface area contributed by atoms with Crippen LogP contribution in [0.2, 0.25) is 0 Å². The summed E-state index contributed by atoms with van der Waals surface area (Å²) in [4.78, 5) is 0. The van der Waals surface area contributed by atoms with Gasteiger partial charge < -0.3 is 4.74 Å². The quantitative estimate of drug-likeness (QED) is 0.301. The fraction of sp³-hybridized carbons (Fsp3) is 0.357. The van der Waals surface area contributed by atoms with Gasteiger partial charge >= 0.3 is 0 Å². The van der Waals surface area contributed by atoms with Crippen molar-refractivity contribution < 1.29 is 13.5 Å². The second-order valence-electron chi connectivity index (χ2n) is 7.36. The zero-order valence-electron chi connectivity index (χ0n) is 18.4. The maximum Gasteiger partial charge on any atom is 0.217 e. The highest BCUT2D eigenvalue weighted by Crippen LogP contribution is 2.13. The number of unbranched alkanes of at least 4 members (excludes halogenated alkanes) is 4. The van der Waals surface area contributed by atoms with Crippen LogP contribution in [0.15, 0.2) is 60.2 Å². The zero-order chi connectivity index (χ0) is 22.3. The van der Waals surface area contributed by atoms with Crippen LogP contribution in [0.4, 0.5) is 8.78 Å². The molecule has 0 unspecified atom stereocenters. The average Bonchev–Trinajstić information content (AvgIpc) is 2.81. The zero-order valence-corrected chi connectivity index (χ0v) is 18.4. The van der Waals surface area contributed by atoms with Crippen LogP contribution >= 0.6 is 0 Å². The molecule has 2 rings (SSSR count). The van der Waals surface area contributed by atoms with Crippen LogP contribution in [0, 0.1) is 23.7 Å². The number of halogens is 2. The van der Waals surface area contributed by atoms with Crippen LogP contribution in [0.5, 0.6) is 5.75 Å². The van der Waals surface area contributed by atoms with Gasteiger partial charge in [0.25, 0.3) is 0 Å². The summed E-state index contributed by atoms with van der Waals surface area (Å²) < 4.78 is 33.5. The van der Waals surface area contributed by atoms with Crippen molar-refractivity contribution in [1.82, 2.24) is 0 Å². The third kappa shape index (κ3) is 9.54. The van der Waals surface area contributed by atoms with Gasteiger partial charge in [0.1, 0.15) is 5.75 Å². The summed E-state index contributed by atoms with van der Waals surface area (Å²) in [5.41, 5.74) is 2.44. The smallest absolute Gasteiger partial charge is 0.217 e. The summed E-state index contributed by atoms with van der Waals surface area (Å²) in [5.74, 6) is 8.09. The Morgan fingerprint density at radius 3 is 1.81 bits per heavy atom. The molecule has 2 aromatic rings. The van der Waals surface area contributed by atoms with E-state index in [1.165, 1.54) is 18.4 Å². The molecule has 0 aliphatic carbocycles. The van der Waals surface area contributed by atoms with E-state index >= 15 is 0 Å². The van der Waals surface area contributed by atoms with E-state index in [4.69, 9.17) is 4.74 Å². The lowest BCUT2D eigenvalue weighted by Crippen LogP contribution is -1.96. The van der Waals surface area contributed by atoms with Crippen LogP contribution in [-0.2, 0) is 6.42 Å². The molecule has 31 heavy (non-hydrogen) atoms. The number of ether oxygens (including phenoxy) is 1. The summed E-state index contributed by atoms with van der Waals surface area (Å²) >= 11 is 0. The Hall–Kier alpha value is -3.04. The van der Waals surface area contributed by atoms with Crippen molar-refractivity contribution in [1.29, 1.82) is 0 Å². The lowest BCUT2D eigenvalue weighted by atomic mass is 10.1. The molecule has 0 radical (unpaired) electrons. The van der Waals surface area contributed by atoms with Crippen LogP contribution in [0.1, 0.15) is 69.1 Å². The fourth-order valence-corrected chi connectivity index (χ4v) is 2.85. The standard InChI is InChI=1S/C28H30F2O/c1-3-5-7-8-22-31-26-18-14-25(15-19-26)17-21-28(30)27(29)20-16-24-12-10-23(11-13-24)9-6-4-2/h10-15,18-19H,3-9,22H2,1-2H3. The molecule has 0 saturated heterocycles. The first-order valence-electron chi connectivity index (χ1n) is 11.0. The average molecular weight is 421 g/mol. The number of allylic oxidation sites excluding steroid dienone is 2. The van der Waals surface area contributed by atoms with Gasteiger partial charge in [-0.25, -0.2) is 0 Å². The minimum absolute atomic E-state index is 0.580. The number of aryl methyl sites for hydroxylation is 1. The van der Waals surface area contributed by atoms with Crippen molar-refractivity contribution >= 4 is 0 Å². The molecule has 2 aromatic carbocycles. The van der Waals surface area contributed by atoms with Gasteiger partial charge in [0.15, 0.2) is 0 Å². The van der Waals surface area contributed by atoms with Crippen molar-refractivity contribution in [3.63, 3.8) is 0 Å². The first-order chi connectivity index (χ1) is 15.1. The molecule has 0 fully saturated rings. The van der Waals surface area contributed by atoms with Crippen LogP contribution < -0.4 is 4.74 Å². The third-order valence-corrected chi connectivity index (χ3v) is 4.72. The first kappa shape index (κ1) is 24.2. The Kier molecular flexibility index (Phi) is 11.0. The van der Waals surface area contributed by atoms with Crippen molar-refractivity contribution in [2.24, 2.45) is 0 Å². The fourth-order valence-electron chi connectivity index (χ4n) is 2.85. The molecule has 0 aliphatic rings. The lowest BCUT2D eigenvalue weighted by molar-refractivity contribution is 0.305. The van der Waals surface area contributed by atoms with Gasteiger partial charge in [-0.3, -0.25) is 0 Å². The molecule has 0 aromatic heterocycles. The molecule has 0 bridgehead atoms. The third-order valence-electron chi connectivity index (χ3n) is 4.72.